The molecule has 0 bridgehead atoms. The molecule has 1 aliphatic rings. The van der Waals surface area contributed by atoms with Gasteiger partial charge in [-0.05, 0) is 12.2 Å². The van der Waals surface area contributed by atoms with Gasteiger partial charge in [0.2, 0.25) is 5.91 Å². The molecule has 1 rings (SSSR count). The molecule has 1 heterocycles. The molecule has 0 saturated heterocycles. The summed E-state index contributed by atoms with van der Waals surface area (Å²) in [6.45, 7) is -0.0395. The summed E-state index contributed by atoms with van der Waals surface area (Å²) in [6.07, 6.45) is 5.43. The highest BCUT2D eigenvalue weighted by Crippen LogP contribution is 1.98. The second-order valence-electron chi connectivity index (χ2n) is 2.68. The molecule has 6 nitrogen and oxygen atoms in total. The highest BCUT2D eigenvalue weighted by atomic mass is 16.4. The maximum absolute atomic E-state index is 10.8. The first-order valence-electron chi connectivity index (χ1n) is 4.07. The minimum absolute atomic E-state index is 0.0395. The van der Waals surface area contributed by atoms with Crippen LogP contribution in [0.3, 0.4) is 0 Å². The molecule has 0 aromatic carbocycles. The highest BCUT2D eigenvalue weighted by Gasteiger charge is 2.08. The van der Waals surface area contributed by atoms with Crippen molar-refractivity contribution in [1.29, 1.82) is 0 Å². The Morgan fingerprint density at radius 3 is 2.80 bits per heavy atom. The standard InChI is InChI=1S/C9H9N3O3/c10-8(13)6-2-1-3-11-5-7(9(14)15)12-4-6/h1-4H,5H2,(H2,10,13)(H,14,15). The van der Waals surface area contributed by atoms with Gasteiger partial charge in [0, 0.05) is 12.4 Å². The van der Waals surface area contributed by atoms with Gasteiger partial charge in [-0.3, -0.25) is 14.8 Å². The number of allylic oxidation sites excluding steroid dienone is 1. The molecule has 0 aromatic rings. The Balaban J connectivity index is 3.07. The lowest BCUT2D eigenvalue weighted by atomic mass is 10.2. The first-order chi connectivity index (χ1) is 7.11. The number of nitrogens with two attached hydrogens (primary N) is 1. The predicted octanol–water partition coefficient (Wildman–Crippen LogP) is -0.478. The van der Waals surface area contributed by atoms with Crippen LogP contribution < -0.4 is 5.73 Å². The molecule has 6 heteroatoms. The molecule has 0 fully saturated rings. The Morgan fingerprint density at radius 1 is 1.47 bits per heavy atom. The normalized spacial score (nSPS) is 15.7. The third-order valence-electron chi connectivity index (χ3n) is 1.60. The van der Waals surface area contributed by atoms with Gasteiger partial charge in [-0.1, -0.05) is 0 Å². The second-order valence-corrected chi connectivity index (χ2v) is 2.68. The lowest BCUT2D eigenvalue weighted by molar-refractivity contribution is -0.129. The number of carboxylic acids is 1. The Kier molecular flexibility index (Phi) is 3.50. The van der Waals surface area contributed by atoms with Crippen LogP contribution in [-0.4, -0.2) is 35.5 Å². The van der Waals surface area contributed by atoms with E-state index in [0.717, 1.165) is 6.20 Å². The number of aliphatic imine (C=N–C) groups is 2. The van der Waals surface area contributed by atoms with Crippen molar-refractivity contribution < 1.29 is 14.7 Å². The zero-order valence-corrected chi connectivity index (χ0v) is 7.75. The molecular formula is C9H9N3O3. The molecule has 1 amide bonds. The maximum Gasteiger partial charge on any atom is 0.352 e. The Bertz CT molecular complexity index is 405. The first-order valence-corrected chi connectivity index (χ1v) is 4.07. The summed E-state index contributed by atoms with van der Waals surface area (Å²) in [6, 6.07) is 0. The van der Waals surface area contributed by atoms with Crippen LogP contribution in [0.15, 0.2) is 33.9 Å². The van der Waals surface area contributed by atoms with Crippen LogP contribution in [-0.2, 0) is 9.59 Å². The van der Waals surface area contributed by atoms with E-state index in [1.165, 1.54) is 18.4 Å². The van der Waals surface area contributed by atoms with E-state index in [9.17, 15) is 9.59 Å². The fraction of sp³-hybridized carbons (Fsp3) is 0.111. The average molecular weight is 207 g/mol. The zero-order chi connectivity index (χ0) is 11.3. The lowest BCUT2D eigenvalue weighted by Crippen LogP contribution is -2.16. The molecule has 0 saturated carbocycles. The van der Waals surface area contributed by atoms with E-state index in [1.807, 2.05) is 0 Å². The quantitative estimate of drug-likeness (QED) is 0.638. The Hall–Kier alpha value is -2.24. The van der Waals surface area contributed by atoms with E-state index in [4.69, 9.17) is 10.8 Å². The highest BCUT2D eigenvalue weighted by molar-refractivity contribution is 6.36. The van der Waals surface area contributed by atoms with Crippen LogP contribution in [0.2, 0.25) is 0 Å². The molecule has 0 aromatic heterocycles. The Morgan fingerprint density at radius 2 is 2.20 bits per heavy atom. The van der Waals surface area contributed by atoms with Gasteiger partial charge < -0.3 is 10.8 Å². The van der Waals surface area contributed by atoms with Gasteiger partial charge in [-0.25, -0.2) is 4.79 Å². The van der Waals surface area contributed by atoms with Crippen molar-refractivity contribution in [3.8, 4) is 0 Å². The molecule has 15 heavy (non-hydrogen) atoms. The summed E-state index contributed by atoms with van der Waals surface area (Å²) in [5.74, 6) is -1.84. The van der Waals surface area contributed by atoms with Gasteiger partial charge in [0.25, 0.3) is 0 Å². The summed E-state index contributed by atoms with van der Waals surface area (Å²) >= 11 is 0. The number of rotatable bonds is 2. The fourth-order valence-electron chi connectivity index (χ4n) is 0.847. The van der Waals surface area contributed by atoms with Crippen LogP contribution in [0.1, 0.15) is 0 Å². The van der Waals surface area contributed by atoms with Gasteiger partial charge in [0.05, 0.1) is 12.1 Å². The minimum atomic E-state index is -1.17. The largest absolute Gasteiger partial charge is 0.477 e. The first kappa shape index (κ1) is 10.8. The number of carbonyl (C=O) groups excluding carboxylic acids is 1. The van der Waals surface area contributed by atoms with Gasteiger partial charge in [-0.15, -0.1) is 0 Å². The predicted molar refractivity (Wildman–Crippen MR) is 54.8 cm³/mol. The SMILES string of the molecule is NC(=O)C1=CN=C(C(=O)O)CN=CC=C1. The number of primary amides is 1. The second kappa shape index (κ2) is 4.85. The summed E-state index contributed by atoms with van der Waals surface area (Å²) in [7, 11) is 0. The van der Waals surface area contributed by atoms with Crippen molar-refractivity contribution in [3.05, 3.63) is 23.9 Å². The van der Waals surface area contributed by atoms with E-state index < -0.39 is 11.9 Å². The lowest BCUT2D eigenvalue weighted by Gasteiger charge is -1.94. The smallest absolute Gasteiger partial charge is 0.352 e. The van der Waals surface area contributed by atoms with E-state index in [0.29, 0.717) is 0 Å². The fourth-order valence-corrected chi connectivity index (χ4v) is 0.847. The average Bonchev–Trinajstić information content (AvgIpc) is 2.27. The summed E-state index contributed by atoms with van der Waals surface area (Å²) in [4.78, 5) is 28.9. The summed E-state index contributed by atoms with van der Waals surface area (Å²) in [5, 5.41) is 8.70. The third-order valence-corrected chi connectivity index (χ3v) is 1.60. The van der Waals surface area contributed by atoms with Gasteiger partial charge in [0.1, 0.15) is 5.71 Å². The number of hydrogen-bond donors (Lipinski definition) is 2. The van der Waals surface area contributed by atoms with Crippen LogP contribution in [0.4, 0.5) is 0 Å². The summed E-state index contributed by atoms with van der Waals surface area (Å²) in [5.41, 5.74) is 5.02. The van der Waals surface area contributed by atoms with Crippen molar-refractivity contribution in [2.45, 2.75) is 0 Å². The van der Waals surface area contributed by atoms with Gasteiger partial charge in [0.15, 0.2) is 0 Å². The molecule has 0 spiro atoms. The van der Waals surface area contributed by atoms with Crippen molar-refractivity contribution >= 4 is 23.8 Å². The van der Waals surface area contributed by atoms with E-state index >= 15 is 0 Å². The van der Waals surface area contributed by atoms with Crippen LogP contribution in [0.5, 0.6) is 0 Å². The maximum atomic E-state index is 10.8. The van der Waals surface area contributed by atoms with Crippen LogP contribution >= 0.6 is 0 Å². The summed E-state index contributed by atoms with van der Waals surface area (Å²) < 4.78 is 0. The molecule has 0 unspecified atom stereocenters. The number of aliphatic carboxylic acids is 1. The number of amides is 1. The number of hydrogen-bond acceptors (Lipinski definition) is 4. The Labute approximate surface area is 85.5 Å². The molecule has 0 radical (unpaired) electrons. The minimum Gasteiger partial charge on any atom is -0.477 e. The molecule has 0 atom stereocenters. The topological polar surface area (TPSA) is 105 Å². The number of carbonyl (C=O) groups is 2. The van der Waals surface area contributed by atoms with Crippen molar-refractivity contribution in [1.82, 2.24) is 0 Å². The van der Waals surface area contributed by atoms with Crippen molar-refractivity contribution in [3.63, 3.8) is 0 Å². The van der Waals surface area contributed by atoms with Crippen molar-refractivity contribution in [2.24, 2.45) is 15.7 Å². The molecular weight excluding hydrogens is 198 g/mol. The van der Waals surface area contributed by atoms with Gasteiger partial charge >= 0.3 is 5.97 Å². The van der Waals surface area contributed by atoms with E-state index in [-0.39, 0.29) is 17.8 Å². The van der Waals surface area contributed by atoms with Crippen molar-refractivity contribution in [2.75, 3.05) is 6.54 Å². The number of nitrogens with zero attached hydrogens (tertiary/aromatic N) is 2. The molecule has 0 aliphatic carbocycles. The van der Waals surface area contributed by atoms with Crippen LogP contribution in [0, 0.1) is 0 Å². The monoisotopic (exact) mass is 207 g/mol. The van der Waals surface area contributed by atoms with E-state index in [2.05, 4.69) is 9.98 Å². The molecule has 3 N–H and O–H groups in total. The van der Waals surface area contributed by atoms with Gasteiger partial charge in [-0.2, -0.15) is 0 Å². The third kappa shape index (κ3) is 3.18. The number of carboxylic acid groups (broad SMARTS) is 1. The molecule has 1 aliphatic heterocycles. The van der Waals surface area contributed by atoms with E-state index in [1.54, 1.807) is 0 Å². The van der Waals surface area contributed by atoms with Crippen LogP contribution in [0.25, 0.3) is 0 Å². The zero-order valence-electron chi connectivity index (χ0n) is 7.75. The molecule has 78 valence electrons.